The molecule has 2 rings (SSSR count). The first-order valence-electron chi connectivity index (χ1n) is 8.23. The van der Waals surface area contributed by atoms with Crippen LogP contribution in [0.5, 0.6) is 0 Å². The Morgan fingerprint density at radius 2 is 1.92 bits per heavy atom. The van der Waals surface area contributed by atoms with Crippen LogP contribution in [0.25, 0.3) is 0 Å². The number of hydrogen-bond donors (Lipinski definition) is 2. The molecule has 0 saturated heterocycles. The van der Waals surface area contributed by atoms with Crippen LogP contribution >= 0.6 is 0 Å². The Kier molecular flexibility index (Phi) is 5.67. The number of benzene rings is 1. The Morgan fingerprint density at radius 3 is 2.50 bits per heavy atom. The Labute approximate surface area is 144 Å². The number of aryl methyl sites for hydroxylation is 1. The van der Waals surface area contributed by atoms with E-state index >= 15 is 0 Å². The third-order valence-corrected chi connectivity index (χ3v) is 6.56. The van der Waals surface area contributed by atoms with E-state index in [2.05, 4.69) is 5.32 Å². The maximum Gasteiger partial charge on any atom is 0.242 e. The van der Waals surface area contributed by atoms with Gasteiger partial charge >= 0.3 is 0 Å². The second-order valence-corrected chi connectivity index (χ2v) is 8.96. The molecule has 1 amide bonds. The van der Waals surface area contributed by atoms with E-state index in [1.807, 2.05) is 13.8 Å². The highest BCUT2D eigenvalue weighted by Gasteiger charge is 2.26. The highest BCUT2D eigenvalue weighted by atomic mass is 32.2. The second kappa shape index (κ2) is 7.21. The molecule has 0 bridgehead atoms. The number of carbonyl (C=O) groups excluding carboxylic acids is 1. The van der Waals surface area contributed by atoms with Gasteiger partial charge in [0.1, 0.15) is 0 Å². The molecule has 0 heterocycles. The maximum absolute atomic E-state index is 12.5. The van der Waals surface area contributed by atoms with Crippen LogP contribution in [0.3, 0.4) is 0 Å². The van der Waals surface area contributed by atoms with Crippen LogP contribution in [0.15, 0.2) is 17.0 Å². The van der Waals surface area contributed by atoms with Gasteiger partial charge in [0.25, 0.3) is 0 Å². The molecule has 0 aromatic heterocycles. The van der Waals surface area contributed by atoms with E-state index in [-0.39, 0.29) is 22.8 Å². The second-order valence-electron chi connectivity index (χ2n) is 6.81. The molecule has 1 aromatic carbocycles. The minimum absolute atomic E-state index is 0.0674. The molecule has 3 N–H and O–H groups in total. The highest BCUT2D eigenvalue weighted by Crippen LogP contribution is 2.28. The molecule has 1 aromatic rings. The van der Waals surface area contributed by atoms with Crippen molar-refractivity contribution in [3.63, 3.8) is 0 Å². The quantitative estimate of drug-likeness (QED) is 0.866. The van der Waals surface area contributed by atoms with Crippen molar-refractivity contribution < 1.29 is 13.2 Å². The summed E-state index contributed by atoms with van der Waals surface area (Å²) >= 11 is 0. The van der Waals surface area contributed by atoms with Gasteiger partial charge in [0.2, 0.25) is 15.9 Å². The van der Waals surface area contributed by atoms with Crippen LogP contribution in [-0.4, -0.2) is 38.8 Å². The van der Waals surface area contributed by atoms with Gasteiger partial charge in [-0.05, 0) is 56.4 Å². The number of anilines is 1. The minimum Gasteiger partial charge on any atom is -0.328 e. The van der Waals surface area contributed by atoms with Crippen molar-refractivity contribution in [1.82, 2.24) is 4.31 Å². The fraction of sp³-hybridized carbons (Fsp3) is 0.588. The van der Waals surface area contributed by atoms with Gasteiger partial charge in [-0.3, -0.25) is 4.79 Å². The minimum atomic E-state index is -3.55. The average molecular weight is 353 g/mol. The van der Waals surface area contributed by atoms with Gasteiger partial charge < -0.3 is 11.1 Å². The first-order valence-corrected chi connectivity index (χ1v) is 9.67. The van der Waals surface area contributed by atoms with Crippen molar-refractivity contribution in [2.75, 3.05) is 19.4 Å². The zero-order valence-electron chi connectivity index (χ0n) is 14.8. The zero-order valence-corrected chi connectivity index (χ0v) is 15.6. The normalized spacial score (nSPS) is 21.8. The number of amides is 1. The number of hydrogen-bond acceptors (Lipinski definition) is 4. The standard InChI is InChI=1S/C17H27N3O3S/c1-11-8-15(24(22,23)20(3)4)10-16(12(11)2)19-17(21)13-6-5-7-14(18)9-13/h8,10,13-14H,5-7,9,18H2,1-4H3,(H,19,21). The zero-order chi connectivity index (χ0) is 18.1. The largest absolute Gasteiger partial charge is 0.328 e. The Bertz CT molecular complexity index is 729. The van der Waals surface area contributed by atoms with Crippen LogP contribution in [0.4, 0.5) is 5.69 Å². The summed E-state index contributed by atoms with van der Waals surface area (Å²) in [5.41, 5.74) is 8.22. The lowest BCUT2D eigenvalue weighted by molar-refractivity contribution is -0.120. The third kappa shape index (κ3) is 3.96. The first-order chi connectivity index (χ1) is 11.1. The molecule has 7 heteroatoms. The molecule has 1 fully saturated rings. The summed E-state index contributed by atoms with van der Waals surface area (Å²) in [5.74, 6) is -0.186. The van der Waals surface area contributed by atoms with Crippen LogP contribution in [0.2, 0.25) is 0 Å². The Hall–Kier alpha value is -1.44. The van der Waals surface area contributed by atoms with Crippen LogP contribution < -0.4 is 11.1 Å². The summed E-state index contributed by atoms with van der Waals surface area (Å²) in [6, 6.07) is 3.24. The van der Waals surface area contributed by atoms with Gasteiger partial charge in [-0.15, -0.1) is 0 Å². The first kappa shape index (κ1) is 18.9. The molecular formula is C17H27N3O3S. The molecule has 134 valence electrons. The number of carbonyl (C=O) groups is 1. The smallest absolute Gasteiger partial charge is 0.242 e. The maximum atomic E-state index is 12.5. The van der Waals surface area contributed by atoms with E-state index in [4.69, 9.17) is 5.73 Å². The Balaban J connectivity index is 2.30. The van der Waals surface area contributed by atoms with Crippen LogP contribution in [-0.2, 0) is 14.8 Å². The highest BCUT2D eigenvalue weighted by molar-refractivity contribution is 7.89. The van der Waals surface area contributed by atoms with Gasteiger partial charge in [0, 0.05) is 31.7 Å². The molecule has 0 aliphatic heterocycles. The summed E-state index contributed by atoms with van der Waals surface area (Å²) in [6.07, 6.45) is 3.41. The van der Waals surface area contributed by atoms with Gasteiger partial charge in [-0.25, -0.2) is 12.7 Å². The monoisotopic (exact) mass is 353 g/mol. The van der Waals surface area contributed by atoms with Crippen molar-refractivity contribution >= 4 is 21.6 Å². The van der Waals surface area contributed by atoms with Crippen molar-refractivity contribution in [3.05, 3.63) is 23.3 Å². The van der Waals surface area contributed by atoms with E-state index < -0.39 is 10.0 Å². The third-order valence-electron chi connectivity index (χ3n) is 4.76. The molecular weight excluding hydrogens is 326 g/mol. The molecule has 2 atom stereocenters. The van der Waals surface area contributed by atoms with Crippen molar-refractivity contribution in [1.29, 1.82) is 0 Å². The lowest BCUT2D eigenvalue weighted by Gasteiger charge is -2.26. The summed E-state index contributed by atoms with van der Waals surface area (Å²) in [5, 5.41) is 2.92. The van der Waals surface area contributed by atoms with E-state index in [1.165, 1.54) is 18.4 Å². The number of rotatable bonds is 4. The van der Waals surface area contributed by atoms with Gasteiger partial charge in [-0.2, -0.15) is 0 Å². The van der Waals surface area contributed by atoms with Gasteiger partial charge in [0.05, 0.1) is 4.90 Å². The van der Waals surface area contributed by atoms with E-state index in [1.54, 1.807) is 12.1 Å². The topological polar surface area (TPSA) is 92.5 Å². The van der Waals surface area contributed by atoms with E-state index in [0.29, 0.717) is 12.1 Å². The fourth-order valence-electron chi connectivity index (χ4n) is 3.02. The number of nitrogens with two attached hydrogens (primary N) is 1. The molecule has 0 spiro atoms. The lowest BCUT2D eigenvalue weighted by atomic mass is 9.85. The van der Waals surface area contributed by atoms with Crippen molar-refractivity contribution in [3.8, 4) is 0 Å². The number of sulfonamides is 1. The molecule has 1 aliphatic carbocycles. The Morgan fingerprint density at radius 1 is 1.25 bits per heavy atom. The molecule has 24 heavy (non-hydrogen) atoms. The molecule has 1 saturated carbocycles. The molecule has 1 aliphatic rings. The summed E-state index contributed by atoms with van der Waals surface area (Å²) in [4.78, 5) is 12.7. The summed E-state index contributed by atoms with van der Waals surface area (Å²) in [6.45, 7) is 3.72. The van der Waals surface area contributed by atoms with Gasteiger partial charge in [0.15, 0.2) is 0 Å². The van der Waals surface area contributed by atoms with Crippen molar-refractivity contribution in [2.45, 2.75) is 50.5 Å². The molecule has 2 unspecified atom stereocenters. The number of nitrogens with one attached hydrogen (secondary N) is 1. The van der Waals surface area contributed by atoms with Crippen LogP contribution in [0.1, 0.15) is 36.8 Å². The number of nitrogens with zero attached hydrogens (tertiary/aromatic N) is 1. The lowest BCUT2D eigenvalue weighted by Crippen LogP contribution is -2.34. The summed E-state index contributed by atoms with van der Waals surface area (Å²) < 4.78 is 25.9. The fourth-order valence-corrected chi connectivity index (χ4v) is 4.03. The average Bonchev–Trinajstić information content (AvgIpc) is 2.51. The van der Waals surface area contributed by atoms with E-state index in [0.717, 1.165) is 30.4 Å². The van der Waals surface area contributed by atoms with E-state index in [9.17, 15) is 13.2 Å². The van der Waals surface area contributed by atoms with Crippen molar-refractivity contribution in [2.24, 2.45) is 11.7 Å². The molecule has 6 nitrogen and oxygen atoms in total. The summed E-state index contributed by atoms with van der Waals surface area (Å²) in [7, 11) is -0.562. The SMILES string of the molecule is Cc1cc(S(=O)(=O)N(C)C)cc(NC(=O)C2CCCC(N)C2)c1C. The predicted octanol–water partition coefficient (Wildman–Crippen LogP) is 2.01. The van der Waals surface area contributed by atoms with Crippen LogP contribution in [0, 0.1) is 19.8 Å². The predicted molar refractivity (Wildman–Crippen MR) is 95.4 cm³/mol. The van der Waals surface area contributed by atoms with Gasteiger partial charge in [-0.1, -0.05) is 6.42 Å². The molecule has 0 radical (unpaired) electrons.